The number of benzene rings is 2. The van der Waals surface area contributed by atoms with E-state index in [1.807, 2.05) is 30.3 Å². The summed E-state index contributed by atoms with van der Waals surface area (Å²) in [6.45, 7) is 0.401. The molecule has 1 saturated heterocycles. The van der Waals surface area contributed by atoms with E-state index in [2.05, 4.69) is 10.6 Å². The van der Waals surface area contributed by atoms with Crippen molar-refractivity contribution in [3.8, 4) is 0 Å². The molecule has 2 aromatic carbocycles. The van der Waals surface area contributed by atoms with Gasteiger partial charge in [-0.25, -0.2) is 4.39 Å². The molecule has 2 atom stereocenters. The third kappa shape index (κ3) is 2.70. The predicted octanol–water partition coefficient (Wildman–Crippen LogP) is 2.29. The van der Waals surface area contributed by atoms with Crippen LogP contribution in [0.2, 0.25) is 0 Å². The van der Waals surface area contributed by atoms with E-state index in [1.165, 1.54) is 12.1 Å². The number of hydrogen-bond donors (Lipinski definition) is 2. The Morgan fingerprint density at radius 1 is 1.09 bits per heavy atom. The van der Waals surface area contributed by atoms with Crippen molar-refractivity contribution in [1.82, 2.24) is 5.32 Å². The molecule has 1 aliphatic rings. The van der Waals surface area contributed by atoms with E-state index < -0.39 is 17.6 Å². The number of halogens is 1. The summed E-state index contributed by atoms with van der Waals surface area (Å²) in [5, 5.41) is 5.21. The van der Waals surface area contributed by atoms with Gasteiger partial charge in [-0.15, -0.1) is 0 Å². The maximum absolute atomic E-state index is 13.6. The molecule has 0 aliphatic carbocycles. The minimum absolute atomic E-state index is 0.0824. The van der Waals surface area contributed by atoms with E-state index >= 15 is 0 Å². The molecule has 112 valence electrons. The maximum Gasteiger partial charge on any atom is 0.237 e. The quantitative estimate of drug-likeness (QED) is 0.854. The average Bonchev–Trinajstić information content (AvgIpc) is 2.92. The largest absolute Gasteiger partial charge is 0.355 e. The predicted molar refractivity (Wildman–Crippen MR) is 80.7 cm³/mol. The molecule has 0 aromatic heterocycles. The van der Waals surface area contributed by atoms with Crippen LogP contribution in [0.15, 0.2) is 54.6 Å². The van der Waals surface area contributed by atoms with Crippen LogP contribution in [0, 0.1) is 11.7 Å². The van der Waals surface area contributed by atoms with Crippen LogP contribution in [0.1, 0.15) is 11.5 Å². The van der Waals surface area contributed by atoms with Gasteiger partial charge in [0.25, 0.3) is 0 Å². The summed E-state index contributed by atoms with van der Waals surface area (Å²) in [7, 11) is 0. The van der Waals surface area contributed by atoms with Crippen LogP contribution >= 0.6 is 0 Å². The molecular weight excluding hydrogens is 283 g/mol. The molecule has 1 fully saturated rings. The minimum Gasteiger partial charge on any atom is -0.355 e. The monoisotopic (exact) mass is 298 g/mol. The van der Waals surface area contributed by atoms with Crippen LogP contribution in [0.3, 0.4) is 0 Å². The molecule has 1 aliphatic heterocycles. The van der Waals surface area contributed by atoms with Crippen molar-refractivity contribution in [2.45, 2.75) is 5.92 Å². The van der Waals surface area contributed by atoms with Gasteiger partial charge in [-0.3, -0.25) is 9.59 Å². The van der Waals surface area contributed by atoms with Crippen LogP contribution in [-0.2, 0) is 9.59 Å². The van der Waals surface area contributed by atoms with E-state index in [-0.39, 0.29) is 17.5 Å². The van der Waals surface area contributed by atoms with Gasteiger partial charge < -0.3 is 10.6 Å². The lowest BCUT2D eigenvalue weighted by Gasteiger charge is -2.17. The van der Waals surface area contributed by atoms with Gasteiger partial charge in [-0.2, -0.15) is 0 Å². The highest BCUT2D eigenvalue weighted by Crippen LogP contribution is 2.30. The molecule has 0 spiro atoms. The van der Waals surface area contributed by atoms with Gasteiger partial charge in [0, 0.05) is 12.5 Å². The van der Waals surface area contributed by atoms with Gasteiger partial charge in [0.2, 0.25) is 11.8 Å². The van der Waals surface area contributed by atoms with Crippen molar-refractivity contribution < 1.29 is 14.0 Å². The van der Waals surface area contributed by atoms with Crippen molar-refractivity contribution in [3.63, 3.8) is 0 Å². The number of carbonyl (C=O) groups is 2. The summed E-state index contributed by atoms with van der Waals surface area (Å²) < 4.78 is 13.6. The highest BCUT2D eigenvalue weighted by molar-refractivity contribution is 6.08. The lowest BCUT2D eigenvalue weighted by molar-refractivity contribution is -0.130. The molecule has 0 radical (unpaired) electrons. The van der Waals surface area contributed by atoms with E-state index in [0.717, 1.165) is 5.56 Å². The molecular formula is C17H15FN2O2. The molecule has 2 amide bonds. The molecule has 0 saturated carbocycles. The Kier molecular flexibility index (Phi) is 3.87. The number of para-hydroxylation sites is 1. The molecule has 2 N–H and O–H groups in total. The molecule has 5 heteroatoms. The number of anilines is 1. The third-order valence-corrected chi connectivity index (χ3v) is 3.82. The number of nitrogens with one attached hydrogen (secondary N) is 2. The van der Waals surface area contributed by atoms with Crippen molar-refractivity contribution in [2.75, 3.05) is 11.9 Å². The molecule has 4 nitrogen and oxygen atoms in total. The first-order valence-corrected chi connectivity index (χ1v) is 7.05. The van der Waals surface area contributed by atoms with Crippen LogP contribution in [0.25, 0.3) is 0 Å². The Morgan fingerprint density at radius 3 is 2.50 bits per heavy atom. The Morgan fingerprint density at radius 2 is 1.77 bits per heavy atom. The van der Waals surface area contributed by atoms with Crippen LogP contribution < -0.4 is 10.6 Å². The summed E-state index contributed by atoms with van der Waals surface area (Å²) >= 11 is 0. The van der Waals surface area contributed by atoms with Crippen molar-refractivity contribution in [1.29, 1.82) is 0 Å². The first-order chi connectivity index (χ1) is 10.7. The highest BCUT2D eigenvalue weighted by Gasteiger charge is 2.41. The fourth-order valence-electron chi connectivity index (χ4n) is 2.71. The van der Waals surface area contributed by atoms with Crippen LogP contribution in [0.5, 0.6) is 0 Å². The Bertz CT molecular complexity index is 703. The molecule has 0 bridgehead atoms. The van der Waals surface area contributed by atoms with Gasteiger partial charge in [-0.1, -0.05) is 42.5 Å². The first kappa shape index (κ1) is 14.3. The van der Waals surface area contributed by atoms with Crippen LogP contribution in [-0.4, -0.2) is 18.4 Å². The van der Waals surface area contributed by atoms with Gasteiger partial charge in [0.05, 0.1) is 5.69 Å². The molecule has 1 heterocycles. The maximum atomic E-state index is 13.6. The minimum atomic E-state index is -0.859. The topological polar surface area (TPSA) is 58.2 Å². The zero-order chi connectivity index (χ0) is 15.5. The fourth-order valence-corrected chi connectivity index (χ4v) is 2.71. The second-order valence-electron chi connectivity index (χ2n) is 5.21. The van der Waals surface area contributed by atoms with Gasteiger partial charge in [-0.05, 0) is 17.7 Å². The lowest BCUT2D eigenvalue weighted by Crippen LogP contribution is -2.32. The number of rotatable bonds is 3. The summed E-state index contributed by atoms with van der Waals surface area (Å²) in [4.78, 5) is 24.4. The molecule has 2 aromatic rings. The van der Waals surface area contributed by atoms with E-state index in [1.54, 1.807) is 12.1 Å². The van der Waals surface area contributed by atoms with Crippen molar-refractivity contribution in [2.24, 2.45) is 5.92 Å². The van der Waals surface area contributed by atoms with Gasteiger partial charge >= 0.3 is 0 Å². The summed E-state index contributed by atoms with van der Waals surface area (Å²) in [5.74, 6) is -2.45. The average molecular weight is 298 g/mol. The number of carbonyl (C=O) groups excluding carboxylic acids is 2. The molecule has 3 rings (SSSR count). The summed E-state index contributed by atoms with van der Waals surface area (Å²) in [6.07, 6.45) is 0. The highest BCUT2D eigenvalue weighted by atomic mass is 19.1. The standard InChI is InChI=1S/C17H15FN2O2/c18-13-8-4-5-9-14(13)20-17(22)15-12(10-19-16(15)21)11-6-2-1-3-7-11/h1-9,12,15H,10H2,(H,19,21)(H,20,22). The van der Waals surface area contributed by atoms with Gasteiger partial charge in [0.15, 0.2) is 0 Å². The van der Waals surface area contributed by atoms with Crippen LogP contribution in [0.4, 0.5) is 10.1 Å². The Labute approximate surface area is 127 Å². The van der Waals surface area contributed by atoms with E-state index in [4.69, 9.17) is 0 Å². The zero-order valence-corrected chi connectivity index (χ0v) is 11.8. The smallest absolute Gasteiger partial charge is 0.237 e. The van der Waals surface area contributed by atoms with Crippen molar-refractivity contribution >= 4 is 17.5 Å². The van der Waals surface area contributed by atoms with E-state index in [0.29, 0.717) is 6.54 Å². The normalized spacial score (nSPS) is 20.5. The summed E-state index contributed by atoms with van der Waals surface area (Å²) in [6, 6.07) is 15.3. The van der Waals surface area contributed by atoms with Crippen molar-refractivity contribution in [3.05, 3.63) is 66.0 Å². The first-order valence-electron chi connectivity index (χ1n) is 7.05. The Hall–Kier alpha value is -2.69. The number of amides is 2. The third-order valence-electron chi connectivity index (χ3n) is 3.82. The van der Waals surface area contributed by atoms with E-state index in [9.17, 15) is 14.0 Å². The second kappa shape index (κ2) is 5.97. The second-order valence-corrected chi connectivity index (χ2v) is 5.21. The summed E-state index contributed by atoms with van der Waals surface area (Å²) in [5.41, 5.74) is 0.994. The van der Waals surface area contributed by atoms with Gasteiger partial charge in [0.1, 0.15) is 11.7 Å². The fraction of sp³-hybridized carbons (Fsp3) is 0.176. The number of hydrogen-bond acceptors (Lipinski definition) is 2. The Balaban J connectivity index is 1.83. The molecule has 22 heavy (non-hydrogen) atoms. The lowest BCUT2D eigenvalue weighted by atomic mass is 9.88. The zero-order valence-electron chi connectivity index (χ0n) is 11.8. The SMILES string of the molecule is O=C1NCC(c2ccccc2)C1C(=O)Nc1ccccc1F. The molecule has 2 unspecified atom stereocenters.